The zero-order valence-electron chi connectivity index (χ0n) is 9.11. The van der Waals surface area contributed by atoms with Crippen LogP contribution in [-0.2, 0) is 0 Å². The quantitative estimate of drug-likeness (QED) is 0.786. The first-order chi connectivity index (χ1) is 8.06. The highest BCUT2D eigenvalue weighted by atomic mass is 79.9. The van der Waals surface area contributed by atoms with Crippen LogP contribution >= 0.6 is 15.9 Å². The van der Waals surface area contributed by atoms with E-state index in [-0.39, 0.29) is 18.2 Å². The molecule has 0 spiro atoms. The molecule has 0 saturated carbocycles. The van der Waals surface area contributed by atoms with Crippen LogP contribution in [0, 0.1) is 11.3 Å². The fraction of sp³-hybridized carbons (Fsp3) is 0.250. The number of nitrogens with zero attached hydrogens (tertiary/aromatic N) is 2. The average Bonchev–Trinajstić information content (AvgIpc) is 2.52. The van der Waals surface area contributed by atoms with Crippen LogP contribution in [-0.4, -0.2) is 22.8 Å². The fourth-order valence-corrected chi connectivity index (χ4v) is 2.22. The van der Waals surface area contributed by atoms with Crippen molar-refractivity contribution in [3.05, 3.63) is 33.8 Å². The molecule has 0 saturated heterocycles. The van der Waals surface area contributed by atoms with Crippen molar-refractivity contribution >= 4 is 27.7 Å². The zero-order chi connectivity index (χ0) is 12.6. The number of carbonyl (C=O) groups excluding carboxylic acids is 2. The number of halogens is 1. The maximum Gasteiger partial charge on any atom is 0.261 e. The van der Waals surface area contributed by atoms with Gasteiger partial charge in [0.1, 0.15) is 0 Å². The van der Waals surface area contributed by atoms with E-state index in [2.05, 4.69) is 15.9 Å². The Labute approximate surface area is 107 Å². The van der Waals surface area contributed by atoms with E-state index in [4.69, 9.17) is 5.26 Å². The summed E-state index contributed by atoms with van der Waals surface area (Å²) in [5.41, 5.74) is 0.803. The monoisotopic (exact) mass is 292 g/mol. The lowest BCUT2D eigenvalue weighted by Gasteiger charge is -2.19. The minimum atomic E-state index is -0.397. The SMILES string of the molecule is CC(CC#N)N1C(=O)c2ccc(Br)cc2C1=O. The molecule has 0 aliphatic carbocycles. The van der Waals surface area contributed by atoms with E-state index >= 15 is 0 Å². The van der Waals surface area contributed by atoms with Gasteiger partial charge in [-0.1, -0.05) is 15.9 Å². The van der Waals surface area contributed by atoms with Crippen molar-refractivity contribution in [2.24, 2.45) is 0 Å². The smallest absolute Gasteiger partial charge is 0.261 e. The first-order valence-corrected chi connectivity index (χ1v) is 5.90. The van der Waals surface area contributed by atoms with Gasteiger partial charge in [0.15, 0.2) is 0 Å². The van der Waals surface area contributed by atoms with Crippen molar-refractivity contribution in [1.82, 2.24) is 4.90 Å². The number of rotatable bonds is 2. The molecule has 17 heavy (non-hydrogen) atoms. The predicted molar refractivity (Wildman–Crippen MR) is 64.3 cm³/mol. The number of nitriles is 1. The van der Waals surface area contributed by atoms with Crippen LogP contribution in [0.4, 0.5) is 0 Å². The molecule has 0 aromatic heterocycles. The van der Waals surface area contributed by atoms with E-state index in [1.807, 2.05) is 6.07 Å². The number of fused-ring (bicyclic) bond motifs is 1. The Bertz CT molecular complexity index is 548. The highest BCUT2D eigenvalue weighted by molar-refractivity contribution is 9.10. The van der Waals surface area contributed by atoms with E-state index in [0.717, 1.165) is 9.37 Å². The van der Waals surface area contributed by atoms with Crippen molar-refractivity contribution in [3.63, 3.8) is 0 Å². The average molecular weight is 293 g/mol. The van der Waals surface area contributed by atoms with E-state index in [0.29, 0.717) is 11.1 Å². The van der Waals surface area contributed by atoms with Crippen LogP contribution in [0.15, 0.2) is 22.7 Å². The molecule has 1 atom stereocenters. The van der Waals surface area contributed by atoms with Crippen molar-refractivity contribution in [2.75, 3.05) is 0 Å². The summed E-state index contributed by atoms with van der Waals surface area (Å²) >= 11 is 3.27. The van der Waals surface area contributed by atoms with Crippen LogP contribution in [0.5, 0.6) is 0 Å². The second-order valence-electron chi connectivity index (χ2n) is 3.88. The van der Waals surface area contributed by atoms with Gasteiger partial charge in [-0.25, -0.2) is 0 Å². The molecule has 86 valence electrons. The Kier molecular flexibility index (Phi) is 2.99. The van der Waals surface area contributed by atoms with Crippen LogP contribution < -0.4 is 0 Å². The first-order valence-electron chi connectivity index (χ1n) is 5.10. The van der Waals surface area contributed by atoms with Crippen LogP contribution in [0.2, 0.25) is 0 Å². The number of hydrogen-bond donors (Lipinski definition) is 0. The Morgan fingerprint density at radius 2 is 2.00 bits per heavy atom. The molecule has 2 amide bonds. The summed E-state index contributed by atoms with van der Waals surface area (Å²) in [6, 6.07) is 6.55. The maximum atomic E-state index is 12.1. The molecule has 1 aromatic carbocycles. The molecule has 2 rings (SSSR count). The largest absolute Gasteiger partial charge is 0.270 e. The van der Waals surface area contributed by atoms with Crippen LogP contribution in [0.3, 0.4) is 0 Å². The van der Waals surface area contributed by atoms with Crippen LogP contribution in [0.1, 0.15) is 34.1 Å². The summed E-state index contributed by atoms with van der Waals surface area (Å²) < 4.78 is 0.757. The topological polar surface area (TPSA) is 61.2 Å². The predicted octanol–water partition coefficient (Wildman–Crippen LogP) is 2.35. The highest BCUT2D eigenvalue weighted by Gasteiger charge is 2.38. The molecule has 4 nitrogen and oxygen atoms in total. The van der Waals surface area contributed by atoms with Crippen molar-refractivity contribution in [1.29, 1.82) is 5.26 Å². The molecule has 0 N–H and O–H groups in total. The molecule has 0 bridgehead atoms. The normalized spacial score (nSPS) is 15.7. The lowest BCUT2D eigenvalue weighted by Crippen LogP contribution is -2.37. The van der Waals surface area contributed by atoms with Crippen molar-refractivity contribution in [2.45, 2.75) is 19.4 Å². The molecular weight excluding hydrogens is 284 g/mol. The summed E-state index contributed by atoms with van der Waals surface area (Å²) in [6.45, 7) is 1.69. The van der Waals surface area contributed by atoms with Crippen molar-refractivity contribution < 1.29 is 9.59 Å². The number of benzene rings is 1. The minimum absolute atomic E-state index is 0.145. The van der Waals surface area contributed by atoms with Gasteiger partial charge in [-0.15, -0.1) is 0 Å². The number of imide groups is 1. The van der Waals surface area contributed by atoms with Gasteiger partial charge in [0.2, 0.25) is 0 Å². The first kappa shape index (κ1) is 11.8. The fourth-order valence-electron chi connectivity index (χ4n) is 1.86. The highest BCUT2D eigenvalue weighted by Crippen LogP contribution is 2.27. The lowest BCUT2D eigenvalue weighted by atomic mass is 10.1. The Morgan fingerprint density at radius 1 is 1.35 bits per heavy atom. The Balaban J connectivity index is 2.43. The molecule has 1 aliphatic heterocycles. The standard InChI is InChI=1S/C12H9BrN2O2/c1-7(4-5-14)15-11(16)9-3-2-8(13)6-10(9)12(15)17/h2-3,6-7H,4H2,1H3. The molecular formula is C12H9BrN2O2. The third kappa shape index (κ3) is 1.85. The van der Waals surface area contributed by atoms with Gasteiger partial charge in [0.25, 0.3) is 11.8 Å². The molecule has 0 fully saturated rings. The third-order valence-corrected chi connectivity index (χ3v) is 3.20. The number of hydrogen-bond acceptors (Lipinski definition) is 3. The molecule has 1 unspecified atom stereocenters. The lowest BCUT2D eigenvalue weighted by molar-refractivity contribution is 0.0599. The molecule has 1 aromatic rings. The molecule has 1 aliphatic rings. The summed E-state index contributed by atoms with van der Waals surface area (Å²) in [6.07, 6.45) is 0.145. The van der Waals surface area contributed by atoms with Gasteiger partial charge in [-0.3, -0.25) is 14.5 Å². The minimum Gasteiger partial charge on any atom is -0.270 e. The molecule has 0 radical (unpaired) electrons. The van der Waals surface area contributed by atoms with Gasteiger partial charge in [0, 0.05) is 4.47 Å². The van der Waals surface area contributed by atoms with E-state index in [9.17, 15) is 9.59 Å². The second-order valence-corrected chi connectivity index (χ2v) is 4.80. The van der Waals surface area contributed by atoms with E-state index < -0.39 is 6.04 Å². The van der Waals surface area contributed by atoms with Gasteiger partial charge in [-0.2, -0.15) is 5.26 Å². The van der Waals surface area contributed by atoms with Crippen molar-refractivity contribution in [3.8, 4) is 6.07 Å². The van der Waals surface area contributed by atoms with Gasteiger partial charge >= 0.3 is 0 Å². The van der Waals surface area contributed by atoms with Gasteiger partial charge in [-0.05, 0) is 25.1 Å². The Hall–Kier alpha value is -1.67. The maximum absolute atomic E-state index is 12.1. The summed E-state index contributed by atoms with van der Waals surface area (Å²) in [4.78, 5) is 25.2. The zero-order valence-corrected chi connectivity index (χ0v) is 10.7. The molecule has 1 heterocycles. The van der Waals surface area contributed by atoms with Crippen LogP contribution in [0.25, 0.3) is 0 Å². The third-order valence-electron chi connectivity index (χ3n) is 2.71. The molecule has 5 heteroatoms. The van der Waals surface area contributed by atoms with Gasteiger partial charge < -0.3 is 0 Å². The number of carbonyl (C=O) groups is 2. The Morgan fingerprint density at radius 3 is 2.65 bits per heavy atom. The van der Waals surface area contributed by atoms with E-state index in [1.54, 1.807) is 25.1 Å². The summed E-state index contributed by atoms with van der Waals surface area (Å²) in [5, 5.41) is 8.62. The van der Waals surface area contributed by atoms with Gasteiger partial charge in [0.05, 0.1) is 29.7 Å². The number of amides is 2. The second kappa shape index (κ2) is 4.30. The van der Waals surface area contributed by atoms with E-state index in [1.165, 1.54) is 0 Å². The summed E-state index contributed by atoms with van der Waals surface area (Å²) in [5.74, 6) is -0.644. The summed E-state index contributed by atoms with van der Waals surface area (Å²) in [7, 11) is 0.